The predicted molar refractivity (Wildman–Crippen MR) is 108 cm³/mol. The Hall–Kier alpha value is -3.15. The van der Waals surface area contributed by atoms with E-state index < -0.39 is 0 Å². The first-order chi connectivity index (χ1) is 13.5. The van der Waals surface area contributed by atoms with E-state index in [1.54, 1.807) is 11.8 Å². The van der Waals surface area contributed by atoms with E-state index in [4.69, 9.17) is 0 Å². The highest BCUT2D eigenvalue weighted by Crippen LogP contribution is 2.34. The fourth-order valence-corrected chi connectivity index (χ4v) is 4.10. The number of carbonyl (C=O) groups excluding carboxylic acids is 1. The van der Waals surface area contributed by atoms with Crippen LogP contribution < -0.4 is 5.43 Å². The van der Waals surface area contributed by atoms with Gasteiger partial charge in [0.15, 0.2) is 5.43 Å². The highest BCUT2D eigenvalue weighted by atomic mass is 16.2. The van der Waals surface area contributed by atoms with Gasteiger partial charge in [-0.1, -0.05) is 30.3 Å². The van der Waals surface area contributed by atoms with E-state index in [1.807, 2.05) is 31.3 Å². The minimum absolute atomic E-state index is 0.176. The van der Waals surface area contributed by atoms with Crippen molar-refractivity contribution in [2.75, 3.05) is 13.1 Å². The van der Waals surface area contributed by atoms with Crippen molar-refractivity contribution in [2.24, 2.45) is 0 Å². The second-order valence-corrected chi connectivity index (χ2v) is 7.45. The van der Waals surface area contributed by atoms with Gasteiger partial charge in [-0.3, -0.25) is 14.7 Å². The molecular formula is C22H24N4O2. The van der Waals surface area contributed by atoms with Crippen molar-refractivity contribution in [3.05, 3.63) is 75.5 Å². The standard InChI is InChI=1S/C22H24N4O2/c1-14-12-19(27)20(15(2)24-14)22(28)26-10-8-17(9-11-26)21-18(13-23-25-21)16-6-4-3-5-7-16/h3-7,12-13,17H,8-11H2,1-2H3,(H,23,25)(H,24,27). The number of piperidine rings is 1. The number of amides is 1. The van der Waals surface area contributed by atoms with Gasteiger partial charge in [-0.15, -0.1) is 0 Å². The van der Waals surface area contributed by atoms with Gasteiger partial charge in [0.2, 0.25) is 0 Å². The van der Waals surface area contributed by atoms with Crippen molar-refractivity contribution in [1.82, 2.24) is 20.1 Å². The quantitative estimate of drug-likeness (QED) is 0.735. The van der Waals surface area contributed by atoms with Gasteiger partial charge in [0.25, 0.3) is 5.91 Å². The lowest BCUT2D eigenvalue weighted by Gasteiger charge is -2.32. The summed E-state index contributed by atoms with van der Waals surface area (Å²) in [5, 5.41) is 7.42. The molecule has 3 heterocycles. The monoisotopic (exact) mass is 376 g/mol. The summed E-state index contributed by atoms with van der Waals surface area (Å²) in [4.78, 5) is 30.1. The van der Waals surface area contributed by atoms with Crippen molar-refractivity contribution < 1.29 is 4.79 Å². The molecule has 2 N–H and O–H groups in total. The van der Waals surface area contributed by atoms with Gasteiger partial charge in [0.1, 0.15) is 5.56 Å². The number of aromatic amines is 2. The van der Waals surface area contributed by atoms with Gasteiger partial charge in [-0.2, -0.15) is 5.10 Å². The second kappa shape index (κ2) is 7.46. The zero-order chi connectivity index (χ0) is 19.7. The number of aryl methyl sites for hydroxylation is 2. The lowest BCUT2D eigenvalue weighted by atomic mass is 9.89. The molecule has 0 atom stereocenters. The molecule has 0 unspecified atom stereocenters. The van der Waals surface area contributed by atoms with Crippen molar-refractivity contribution in [3.63, 3.8) is 0 Å². The maximum absolute atomic E-state index is 12.9. The summed E-state index contributed by atoms with van der Waals surface area (Å²) >= 11 is 0. The van der Waals surface area contributed by atoms with E-state index in [0.29, 0.717) is 24.7 Å². The van der Waals surface area contributed by atoms with Crippen LogP contribution in [0.2, 0.25) is 0 Å². The van der Waals surface area contributed by atoms with E-state index in [2.05, 4.69) is 27.3 Å². The third kappa shape index (κ3) is 3.38. The Morgan fingerprint density at radius 1 is 1.14 bits per heavy atom. The number of carbonyl (C=O) groups is 1. The summed E-state index contributed by atoms with van der Waals surface area (Å²) in [7, 11) is 0. The molecule has 1 aliphatic rings. The Morgan fingerprint density at radius 2 is 1.86 bits per heavy atom. The van der Waals surface area contributed by atoms with Crippen molar-refractivity contribution in [3.8, 4) is 11.1 Å². The normalized spacial score (nSPS) is 15.0. The number of rotatable bonds is 3. The predicted octanol–water partition coefficient (Wildman–Crippen LogP) is 3.40. The molecule has 4 rings (SSSR count). The minimum Gasteiger partial charge on any atom is -0.362 e. The van der Waals surface area contributed by atoms with Crippen LogP contribution in [0.4, 0.5) is 0 Å². The molecule has 1 aromatic carbocycles. The van der Waals surface area contributed by atoms with Gasteiger partial charge in [0.05, 0.1) is 6.20 Å². The van der Waals surface area contributed by atoms with E-state index in [9.17, 15) is 9.59 Å². The van der Waals surface area contributed by atoms with E-state index in [1.165, 1.54) is 6.07 Å². The molecule has 0 spiro atoms. The molecule has 6 heteroatoms. The van der Waals surface area contributed by atoms with Crippen LogP contribution in [0.5, 0.6) is 0 Å². The minimum atomic E-state index is -0.208. The van der Waals surface area contributed by atoms with Crippen LogP contribution in [0.25, 0.3) is 11.1 Å². The average molecular weight is 376 g/mol. The zero-order valence-corrected chi connectivity index (χ0v) is 16.2. The first kappa shape index (κ1) is 18.2. The number of hydrogen-bond acceptors (Lipinski definition) is 3. The number of aromatic nitrogens is 3. The number of hydrogen-bond donors (Lipinski definition) is 2. The summed E-state index contributed by atoms with van der Waals surface area (Å²) < 4.78 is 0. The van der Waals surface area contributed by atoms with Crippen molar-refractivity contribution in [2.45, 2.75) is 32.6 Å². The molecule has 28 heavy (non-hydrogen) atoms. The molecule has 1 aliphatic heterocycles. The van der Waals surface area contributed by atoms with E-state index in [-0.39, 0.29) is 16.9 Å². The van der Waals surface area contributed by atoms with Crippen LogP contribution in [0.15, 0.2) is 47.4 Å². The smallest absolute Gasteiger partial charge is 0.259 e. The molecule has 144 valence electrons. The Kier molecular flexibility index (Phi) is 4.86. The Balaban J connectivity index is 1.50. The summed E-state index contributed by atoms with van der Waals surface area (Å²) in [6, 6.07) is 11.7. The summed E-state index contributed by atoms with van der Waals surface area (Å²) in [5.41, 5.74) is 4.85. The van der Waals surface area contributed by atoms with Crippen molar-refractivity contribution >= 4 is 5.91 Å². The zero-order valence-electron chi connectivity index (χ0n) is 16.2. The topological polar surface area (TPSA) is 81.8 Å². The maximum Gasteiger partial charge on any atom is 0.259 e. The van der Waals surface area contributed by atoms with Crippen LogP contribution in [-0.2, 0) is 0 Å². The second-order valence-electron chi connectivity index (χ2n) is 7.45. The summed E-state index contributed by atoms with van der Waals surface area (Å²) in [6.07, 6.45) is 3.56. The third-order valence-corrected chi connectivity index (χ3v) is 5.51. The number of H-pyrrole nitrogens is 2. The van der Waals surface area contributed by atoms with Crippen LogP contribution in [0, 0.1) is 13.8 Å². The fourth-order valence-electron chi connectivity index (χ4n) is 4.10. The summed E-state index contributed by atoms with van der Waals surface area (Å²) in [5.74, 6) is 0.143. The molecule has 0 aliphatic carbocycles. The van der Waals surface area contributed by atoms with Crippen LogP contribution in [0.3, 0.4) is 0 Å². The molecule has 1 amide bonds. The first-order valence-corrected chi connectivity index (χ1v) is 9.63. The van der Waals surface area contributed by atoms with Gasteiger partial charge in [0, 0.05) is 47.7 Å². The Bertz CT molecular complexity index is 1040. The Labute approximate surface area is 163 Å². The van der Waals surface area contributed by atoms with Crippen molar-refractivity contribution in [1.29, 1.82) is 0 Å². The van der Waals surface area contributed by atoms with Gasteiger partial charge in [-0.05, 0) is 32.3 Å². The first-order valence-electron chi connectivity index (χ1n) is 9.63. The molecule has 1 fully saturated rings. The van der Waals surface area contributed by atoms with E-state index >= 15 is 0 Å². The van der Waals surface area contributed by atoms with Gasteiger partial charge in [-0.25, -0.2) is 0 Å². The molecule has 0 radical (unpaired) electrons. The largest absolute Gasteiger partial charge is 0.362 e. The van der Waals surface area contributed by atoms with Crippen LogP contribution in [-0.4, -0.2) is 39.1 Å². The average Bonchev–Trinajstić information content (AvgIpc) is 3.18. The highest BCUT2D eigenvalue weighted by molar-refractivity contribution is 5.95. The number of pyridine rings is 1. The lowest BCUT2D eigenvalue weighted by Crippen LogP contribution is -2.40. The molecule has 2 aromatic heterocycles. The maximum atomic E-state index is 12.9. The summed E-state index contributed by atoms with van der Waals surface area (Å²) in [6.45, 7) is 4.86. The van der Waals surface area contributed by atoms with Crippen LogP contribution >= 0.6 is 0 Å². The number of nitrogens with zero attached hydrogens (tertiary/aromatic N) is 2. The Morgan fingerprint density at radius 3 is 2.54 bits per heavy atom. The van der Waals surface area contributed by atoms with Crippen LogP contribution in [0.1, 0.15) is 46.2 Å². The molecule has 1 saturated heterocycles. The number of nitrogens with one attached hydrogen (secondary N) is 2. The molecule has 6 nitrogen and oxygen atoms in total. The highest BCUT2D eigenvalue weighted by Gasteiger charge is 2.29. The fraction of sp³-hybridized carbons (Fsp3) is 0.318. The van der Waals surface area contributed by atoms with Gasteiger partial charge >= 0.3 is 0 Å². The number of benzene rings is 1. The van der Waals surface area contributed by atoms with Gasteiger partial charge < -0.3 is 9.88 Å². The molecule has 0 bridgehead atoms. The SMILES string of the molecule is Cc1cc(=O)c(C(=O)N2CCC(c3[nH]ncc3-c3ccccc3)CC2)c(C)[nH]1. The van der Waals surface area contributed by atoms with E-state index in [0.717, 1.165) is 35.4 Å². The molecule has 0 saturated carbocycles. The third-order valence-electron chi connectivity index (χ3n) is 5.51. The molecule has 3 aromatic rings. The number of likely N-dealkylation sites (tertiary alicyclic amines) is 1. The molecular weight excluding hydrogens is 352 g/mol. The lowest BCUT2D eigenvalue weighted by molar-refractivity contribution is 0.0709.